The minimum Gasteiger partial charge on any atom is -0.493 e. The van der Waals surface area contributed by atoms with Gasteiger partial charge in [0.2, 0.25) is 5.91 Å². The van der Waals surface area contributed by atoms with Crippen LogP contribution in [0.2, 0.25) is 0 Å². The number of nitrogens with one attached hydrogen (secondary N) is 1. The van der Waals surface area contributed by atoms with E-state index >= 15 is 0 Å². The maximum atomic E-state index is 12.6. The van der Waals surface area contributed by atoms with Gasteiger partial charge in [-0.3, -0.25) is 4.79 Å². The van der Waals surface area contributed by atoms with Crippen LogP contribution in [0, 0.1) is 6.92 Å². The van der Waals surface area contributed by atoms with E-state index in [0.29, 0.717) is 17.2 Å². The van der Waals surface area contributed by atoms with Crippen LogP contribution in [0.4, 0.5) is 5.69 Å². The van der Waals surface area contributed by atoms with Gasteiger partial charge in [-0.15, -0.1) is 11.3 Å². The number of carbonyl (C=O) groups is 1. The van der Waals surface area contributed by atoms with Gasteiger partial charge in [-0.05, 0) is 24.6 Å². The lowest BCUT2D eigenvalue weighted by atomic mass is 10.1. The average Bonchev–Trinajstić information content (AvgIpc) is 3.23. The van der Waals surface area contributed by atoms with Crippen LogP contribution in [0.3, 0.4) is 0 Å². The Morgan fingerprint density at radius 3 is 2.58 bits per heavy atom. The minimum absolute atomic E-state index is 0.129. The average molecular weight is 452 g/mol. The Hall–Kier alpha value is -3.10. The van der Waals surface area contributed by atoms with E-state index in [0.717, 1.165) is 26.4 Å². The molecule has 4 rings (SSSR count). The molecule has 0 fully saturated rings. The van der Waals surface area contributed by atoms with E-state index in [9.17, 15) is 4.79 Å². The van der Waals surface area contributed by atoms with Crippen LogP contribution in [-0.4, -0.2) is 35.8 Å². The third-order valence-corrected chi connectivity index (χ3v) is 6.58. The number of aromatic nitrogens is 2. The molecule has 2 heterocycles. The number of nitrogens with zero attached hydrogens (tertiary/aromatic N) is 2. The molecule has 1 N–H and O–H groups in total. The monoisotopic (exact) mass is 451 g/mol. The number of carbonyl (C=O) groups excluding carboxylic acids is 1. The number of fused-ring (bicyclic) bond motifs is 1. The predicted molar refractivity (Wildman–Crippen MR) is 126 cm³/mol. The summed E-state index contributed by atoms with van der Waals surface area (Å²) in [6.07, 6.45) is 1.55. The van der Waals surface area contributed by atoms with Gasteiger partial charge < -0.3 is 14.8 Å². The number of thiophene rings is 1. The quantitative estimate of drug-likeness (QED) is 0.299. The predicted octanol–water partition coefficient (Wildman–Crippen LogP) is 5.41. The second kappa shape index (κ2) is 9.36. The van der Waals surface area contributed by atoms with Gasteiger partial charge in [0.05, 0.1) is 25.4 Å². The Morgan fingerprint density at radius 1 is 1.06 bits per heavy atom. The van der Waals surface area contributed by atoms with Crippen molar-refractivity contribution >= 4 is 44.9 Å². The second-order valence-corrected chi connectivity index (χ2v) is 8.60. The highest BCUT2D eigenvalue weighted by atomic mass is 32.2. The standard InChI is InChI=1S/C23H21N3O3S2/c1-14-4-6-15(7-5-14)17-11-30-22-21(17)23(25-13-24-22)31-12-20(27)26-16-8-9-18(28-2)19(10-16)29-3/h4-11,13H,12H2,1-3H3,(H,26,27). The summed E-state index contributed by atoms with van der Waals surface area (Å²) in [4.78, 5) is 22.3. The molecule has 0 aliphatic rings. The number of hydrogen-bond donors (Lipinski definition) is 1. The molecular weight excluding hydrogens is 430 g/mol. The molecule has 0 spiro atoms. The Morgan fingerprint density at radius 2 is 1.84 bits per heavy atom. The van der Waals surface area contributed by atoms with Gasteiger partial charge in [0.25, 0.3) is 0 Å². The van der Waals surface area contributed by atoms with Crippen molar-refractivity contribution in [2.45, 2.75) is 11.9 Å². The number of methoxy groups -OCH3 is 2. The summed E-state index contributed by atoms with van der Waals surface area (Å²) in [5.41, 5.74) is 4.06. The molecular formula is C23H21N3O3S2. The van der Waals surface area contributed by atoms with Gasteiger partial charge in [0.1, 0.15) is 16.2 Å². The van der Waals surface area contributed by atoms with Gasteiger partial charge in [0.15, 0.2) is 11.5 Å². The summed E-state index contributed by atoms with van der Waals surface area (Å²) in [5, 5.41) is 6.77. The van der Waals surface area contributed by atoms with Crippen molar-refractivity contribution in [3.8, 4) is 22.6 Å². The fraction of sp³-hybridized carbons (Fsp3) is 0.174. The highest BCUT2D eigenvalue weighted by molar-refractivity contribution is 8.00. The first kappa shape index (κ1) is 21.1. The first-order chi connectivity index (χ1) is 15.1. The fourth-order valence-corrected chi connectivity index (χ4v) is 4.94. The van der Waals surface area contributed by atoms with Gasteiger partial charge in [-0.2, -0.15) is 0 Å². The Balaban J connectivity index is 1.52. The largest absolute Gasteiger partial charge is 0.493 e. The molecule has 2 aromatic heterocycles. The fourth-order valence-electron chi connectivity index (χ4n) is 3.15. The topological polar surface area (TPSA) is 73.3 Å². The van der Waals surface area contributed by atoms with Gasteiger partial charge in [0, 0.05) is 22.7 Å². The smallest absolute Gasteiger partial charge is 0.234 e. The SMILES string of the molecule is COc1ccc(NC(=O)CSc2ncnc3scc(-c4ccc(C)cc4)c23)cc1OC. The first-order valence-corrected chi connectivity index (χ1v) is 11.4. The molecule has 4 aromatic rings. The molecule has 158 valence electrons. The number of hydrogen-bond acceptors (Lipinski definition) is 7. The lowest BCUT2D eigenvalue weighted by molar-refractivity contribution is -0.113. The zero-order chi connectivity index (χ0) is 21.8. The number of aryl methyl sites for hydroxylation is 1. The van der Waals surface area contributed by atoms with E-state index in [4.69, 9.17) is 9.47 Å². The van der Waals surface area contributed by atoms with E-state index in [-0.39, 0.29) is 11.7 Å². The number of thioether (sulfide) groups is 1. The van der Waals surface area contributed by atoms with Crippen LogP contribution in [-0.2, 0) is 4.79 Å². The zero-order valence-electron chi connectivity index (χ0n) is 17.3. The van der Waals surface area contributed by atoms with E-state index in [1.54, 1.807) is 50.1 Å². The van der Waals surface area contributed by atoms with Crippen molar-refractivity contribution in [2.24, 2.45) is 0 Å². The summed E-state index contributed by atoms with van der Waals surface area (Å²) in [7, 11) is 3.14. The number of rotatable bonds is 7. The second-order valence-electron chi connectivity index (χ2n) is 6.78. The van der Waals surface area contributed by atoms with E-state index in [2.05, 4.69) is 51.9 Å². The summed E-state index contributed by atoms with van der Waals surface area (Å²) >= 11 is 2.98. The Kier molecular flexibility index (Phi) is 6.39. The Bertz CT molecular complexity index is 1220. The highest BCUT2D eigenvalue weighted by Gasteiger charge is 2.15. The summed E-state index contributed by atoms with van der Waals surface area (Å²) < 4.78 is 10.5. The number of anilines is 1. The lowest BCUT2D eigenvalue weighted by Gasteiger charge is -2.10. The lowest BCUT2D eigenvalue weighted by Crippen LogP contribution is -2.14. The van der Waals surface area contributed by atoms with Crippen LogP contribution in [0.1, 0.15) is 5.56 Å². The van der Waals surface area contributed by atoms with Crippen molar-refractivity contribution in [1.82, 2.24) is 9.97 Å². The Labute approximate surface area is 188 Å². The van der Waals surface area contributed by atoms with Crippen molar-refractivity contribution in [2.75, 3.05) is 25.3 Å². The normalized spacial score (nSPS) is 10.8. The van der Waals surface area contributed by atoms with Crippen LogP contribution in [0.5, 0.6) is 11.5 Å². The maximum Gasteiger partial charge on any atom is 0.234 e. The van der Waals surface area contributed by atoms with Crippen molar-refractivity contribution in [3.05, 3.63) is 59.7 Å². The number of amides is 1. The molecule has 8 heteroatoms. The van der Waals surface area contributed by atoms with E-state index in [1.807, 2.05) is 0 Å². The third-order valence-electron chi connectivity index (χ3n) is 4.71. The molecule has 0 saturated carbocycles. The van der Waals surface area contributed by atoms with Crippen molar-refractivity contribution < 1.29 is 14.3 Å². The molecule has 2 aromatic carbocycles. The molecule has 0 atom stereocenters. The molecule has 1 amide bonds. The van der Waals surface area contributed by atoms with Crippen LogP contribution < -0.4 is 14.8 Å². The number of ether oxygens (including phenoxy) is 2. The van der Waals surface area contributed by atoms with Gasteiger partial charge in [-0.1, -0.05) is 41.6 Å². The molecule has 0 aliphatic carbocycles. The molecule has 6 nitrogen and oxygen atoms in total. The zero-order valence-corrected chi connectivity index (χ0v) is 19.0. The van der Waals surface area contributed by atoms with Crippen molar-refractivity contribution in [1.29, 1.82) is 0 Å². The van der Waals surface area contributed by atoms with Crippen LogP contribution in [0.15, 0.2) is 59.2 Å². The molecule has 0 aliphatic heterocycles. The summed E-state index contributed by atoms with van der Waals surface area (Å²) in [5.74, 6) is 1.27. The first-order valence-electron chi connectivity index (χ1n) is 9.53. The highest BCUT2D eigenvalue weighted by Crippen LogP contribution is 2.38. The van der Waals surface area contributed by atoms with Crippen LogP contribution in [0.25, 0.3) is 21.3 Å². The molecule has 0 unspecified atom stereocenters. The minimum atomic E-state index is -0.129. The van der Waals surface area contributed by atoms with E-state index < -0.39 is 0 Å². The molecule has 0 radical (unpaired) electrons. The van der Waals surface area contributed by atoms with Gasteiger partial charge in [-0.25, -0.2) is 9.97 Å². The molecule has 0 bridgehead atoms. The molecule has 31 heavy (non-hydrogen) atoms. The van der Waals surface area contributed by atoms with Crippen molar-refractivity contribution in [3.63, 3.8) is 0 Å². The van der Waals surface area contributed by atoms with E-state index in [1.165, 1.54) is 17.3 Å². The third kappa shape index (κ3) is 4.65. The van der Waals surface area contributed by atoms with Crippen LogP contribution >= 0.6 is 23.1 Å². The summed E-state index contributed by atoms with van der Waals surface area (Å²) in [6.45, 7) is 2.07. The van der Waals surface area contributed by atoms with Gasteiger partial charge >= 0.3 is 0 Å². The maximum absolute atomic E-state index is 12.6. The molecule has 0 saturated heterocycles. The summed E-state index contributed by atoms with van der Waals surface area (Å²) in [6, 6.07) is 13.6. The number of benzene rings is 2.